The summed E-state index contributed by atoms with van der Waals surface area (Å²) < 4.78 is 0. The number of H-pyrrole nitrogens is 2. The quantitative estimate of drug-likeness (QED) is 0.365. The van der Waals surface area contributed by atoms with Crippen LogP contribution in [0.5, 0.6) is 0 Å². The molecule has 31 heavy (non-hydrogen) atoms. The van der Waals surface area contributed by atoms with Gasteiger partial charge >= 0.3 is 0 Å². The lowest BCUT2D eigenvalue weighted by molar-refractivity contribution is 0.0849. The van der Waals surface area contributed by atoms with E-state index in [9.17, 15) is 9.90 Å². The van der Waals surface area contributed by atoms with Gasteiger partial charge in [0.05, 0.1) is 28.7 Å². The van der Waals surface area contributed by atoms with E-state index in [0.29, 0.717) is 11.9 Å². The second kappa shape index (κ2) is 6.75. The van der Waals surface area contributed by atoms with Gasteiger partial charge in [-0.3, -0.25) is 14.9 Å². The van der Waals surface area contributed by atoms with Gasteiger partial charge in [0.15, 0.2) is 5.82 Å². The average molecular weight is 410 g/mol. The lowest BCUT2D eigenvalue weighted by atomic mass is 10.1. The van der Waals surface area contributed by atoms with Crippen LogP contribution >= 0.6 is 0 Å². The third kappa shape index (κ3) is 2.88. The van der Waals surface area contributed by atoms with E-state index in [4.69, 9.17) is 0 Å². The Bertz CT molecular complexity index is 1440. The Labute approximate surface area is 176 Å². The van der Waals surface area contributed by atoms with Crippen LogP contribution in [0.15, 0.2) is 60.9 Å². The fourth-order valence-electron chi connectivity index (χ4n) is 4.32. The number of nitrogens with zero attached hydrogens (tertiary/aromatic N) is 3. The van der Waals surface area contributed by atoms with E-state index in [-0.39, 0.29) is 11.7 Å². The van der Waals surface area contributed by atoms with E-state index in [1.54, 1.807) is 12.4 Å². The first-order valence-corrected chi connectivity index (χ1v) is 10.0. The van der Waals surface area contributed by atoms with Gasteiger partial charge < -0.3 is 15.4 Å². The summed E-state index contributed by atoms with van der Waals surface area (Å²) in [7, 11) is 0. The first kappa shape index (κ1) is 17.8. The zero-order valence-electron chi connectivity index (χ0n) is 16.3. The van der Waals surface area contributed by atoms with E-state index >= 15 is 0 Å². The summed E-state index contributed by atoms with van der Waals surface area (Å²) in [5.74, 6) is -0.147. The molecule has 0 bridgehead atoms. The average Bonchev–Trinajstić information content (AvgIpc) is 3.48. The van der Waals surface area contributed by atoms with Crippen molar-refractivity contribution in [3.63, 3.8) is 0 Å². The second-order valence-corrected chi connectivity index (χ2v) is 7.73. The number of aromatic nitrogens is 5. The molecule has 0 aliphatic heterocycles. The van der Waals surface area contributed by atoms with E-state index in [1.165, 1.54) is 0 Å². The highest BCUT2D eigenvalue weighted by Gasteiger charge is 2.32. The molecular formula is C23H18N6O2. The molecule has 2 aromatic carbocycles. The molecule has 8 nitrogen and oxygen atoms in total. The first-order valence-electron chi connectivity index (χ1n) is 10.0. The van der Waals surface area contributed by atoms with Crippen LogP contribution in [0.3, 0.4) is 0 Å². The minimum Gasteiger partial charge on any atom is -0.390 e. The number of pyridine rings is 1. The van der Waals surface area contributed by atoms with Crippen molar-refractivity contribution in [3.8, 4) is 11.3 Å². The van der Waals surface area contributed by atoms with Crippen LogP contribution in [-0.2, 0) is 6.42 Å². The van der Waals surface area contributed by atoms with Gasteiger partial charge in [0, 0.05) is 29.8 Å². The smallest absolute Gasteiger partial charge is 0.287 e. The van der Waals surface area contributed by atoms with Gasteiger partial charge in [-0.1, -0.05) is 24.3 Å². The number of amides is 1. The van der Waals surface area contributed by atoms with Gasteiger partial charge in [-0.15, -0.1) is 0 Å². The molecule has 3 heterocycles. The molecule has 3 aromatic heterocycles. The Balaban J connectivity index is 1.34. The van der Waals surface area contributed by atoms with Crippen LogP contribution in [0.2, 0.25) is 0 Å². The highest BCUT2D eigenvalue weighted by atomic mass is 16.3. The predicted molar refractivity (Wildman–Crippen MR) is 115 cm³/mol. The normalized spacial score (nSPS) is 17.8. The standard InChI is InChI=1S/C23H18N6O2/c30-19-9-13-3-1-2-4-14(13)21(19)27-23(31)22-25-17-10-15-16(11-18(17)26-22)28-29-20(15)12-5-7-24-8-6-12/h1-8,10-11,19,21,30H,9H2,(H,25,26)(H,27,31)(H,28,29). The largest absolute Gasteiger partial charge is 0.390 e. The summed E-state index contributed by atoms with van der Waals surface area (Å²) in [6.07, 6.45) is 3.32. The molecule has 0 saturated heterocycles. The van der Waals surface area contributed by atoms with Crippen molar-refractivity contribution in [2.24, 2.45) is 0 Å². The second-order valence-electron chi connectivity index (χ2n) is 7.73. The van der Waals surface area contributed by atoms with Gasteiger partial charge in [-0.05, 0) is 35.4 Å². The molecule has 1 aliphatic rings. The molecule has 1 amide bonds. The van der Waals surface area contributed by atoms with Crippen molar-refractivity contribution in [3.05, 3.63) is 77.9 Å². The highest BCUT2D eigenvalue weighted by molar-refractivity contribution is 6.02. The van der Waals surface area contributed by atoms with Crippen molar-refractivity contribution >= 4 is 27.8 Å². The topological polar surface area (TPSA) is 120 Å². The van der Waals surface area contributed by atoms with Crippen LogP contribution < -0.4 is 5.32 Å². The van der Waals surface area contributed by atoms with Gasteiger partial charge in [-0.2, -0.15) is 5.10 Å². The van der Waals surface area contributed by atoms with Crippen LogP contribution in [0.4, 0.5) is 0 Å². The SMILES string of the molecule is O=C(NC1c2ccccc2CC1O)c1nc2cc3c(-c4ccncc4)n[nH]c3cc2[nH]1. The summed E-state index contributed by atoms with van der Waals surface area (Å²) in [5.41, 5.74) is 5.99. The molecule has 8 heteroatoms. The monoisotopic (exact) mass is 410 g/mol. The number of carbonyl (C=O) groups excluding carboxylic acids is 1. The number of nitrogens with one attached hydrogen (secondary N) is 3. The lowest BCUT2D eigenvalue weighted by Crippen LogP contribution is -2.34. The summed E-state index contributed by atoms with van der Waals surface area (Å²) in [6.45, 7) is 0. The number of imidazole rings is 1. The Morgan fingerprint density at radius 3 is 2.81 bits per heavy atom. The fraction of sp³-hybridized carbons (Fsp3) is 0.130. The van der Waals surface area contributed by atoms with Gasteiger partial charge in [0.1, 0.15) is 5.69 Å². The maximum Gasteiger partial charge on any atom is 0.287 e. The number of rotatable bonds is 3. The zero-order chi connectivity index (χ0) is 20.9. The van der Waals surface area contributed by atoms with Crippen molar-refractivity contribution in [1.82, 2.24) is 30.5 Å². The van der Waals surface area contributed by atoms with Crippen LogP contribution in [-0.4, -0.2) is 42.3 Å². The van der Waals surface area contributed by atoms with Crippen molar-refractivity contribution in [2.45, 2.75) is 18.6 Å². The number of aromatic amines is 2. The van der Waals surface area contributed by atoms with E-state index in [0.717, 1.165) is 38.8 Å². The molecule has 2 unspecified atom stereocenters. The predicted octanol–water partition coefficient (Wildman–Crippen LogP) is 2.89. The molecule has 0 fully saturated rings. The number of benzene rings is 2. The molecule has 0 spiro atoms. The minimum absolute atomic E-state index is 0.206. The fourth-order valence-corrected chi connectivity index (χ4v) is 4.32. The maximum atomic E-state index is 12.9. The van der Waals surface area contributed by atoms with E-state index in [2.05, 4.69) is 30.5 Å². The van der Waals surface area contributed by atoms with Gasteiger partial charge in [0.25, 0.3) is 5.91 Å². The number of carbonyl (C=O) groups is 1. The van der Waals surface area contributed by atoms with E-state index in [1.807, 2.05) is 48.5 Å². The molecule has 152 valence electrons. The third-order valence-electron chi connectivity index (χ3n) is 5.82. The number of aliphatic hydroxyl groups excluding tert-OH is 1. The van der Waals surface area contributed by atoms with Crippen molar-refractivity contribution < 1.29 is 9.90 Å². The molecule has 0 saturated carbocycles. The first-order chi connectivity index (χ1) is 15.2. The number of fused-ring (bicyclic) bond motifs is 3. The molecule has 1 aliphatic carbocycles. The molecule has 4 N–H and O–H groups in total. The highest BCUT2D eigenvalue weighted by Crippen LogP contribution is 2.32. The molecule has 6 rings (SSSR count). The third-order valence-corrected chi connectivity index (χ3v) is 5.82. The Kier molecular flexibility index (Phi) is 3.87. The van der Waals surface area contributed by atoms with Crippen LogP contribution in [0, 0.1) is 0 Å². The molecule has 5 aromatic rings. The Morgan fingerprint density at radius 2 is 1.94 bits per heavy atom. The molecule has 2 atom stereocenters. The van der Waals surface area contributed by atoms with Crippen LogP contribution in [0.25, 0.3) is 33.2 Å². The summed E-state index contributed by atoms with van der Waals surface area (Å²) in [4.78, 5) is 24.5. The Morgan fingerprint density at radius 1 is 1.10 bits per heavy atom. The summed E-state index contributed by atoms with van der Waals surface area (Å²) in [6, 6.07) is 14.9. The minimum atomic E-state index is -0.655. The van der Waals surface area contributed by atoms with Crippen molar-refractivity contribution in [2.75, 3.05) is 0 Å². The van der Waals surface area contributed by atoms with Crippen molar-refractivity contribution in [1.29, 1.82) is 0 Å². The Hall–Kier alpha value is -4.04. The number of aliphatic hydroxyl groups is 1. The van der Waals surface area contributed by atoms with Crippen LogP contribution in [0.1, 0.15) is 27.8 Å². The van der Waals surface area contributed by atoms with E-state index < -0.39 is 12.1 Å². The number of hydrogen-bond acceptors (Lipinski definition) is 5. The zero-order valence-corrected chi connectivity index (χ0v) is 16.3. The van der Waals surface area contributed by atoms with Gasteiger partial charge in [-0.25, -0.2) is 4.98 Å². The number of hydrogen-bond donors (Lipinski definition) is 4. The van der Waals surface area contributed by atoms with Gasteiger partial charge in [0.2, 0.25) is 0 Å². The lowest BCUT2D eigenvalue weighted by Gasteiger charge is -2.17. The molecular weight excluding hydrogens is 392 g/mol. The molecule has 0 radical (unpaired) electrons. The summed E-state index contributed by atoms with van der Waals surface area (Å²) >= 11 is 0. The summed E-state index contributed by atoms with van der Waals surface area (Å²) in [5, 5.41) is 21.7. The maximum absolute atomic E-state index is 12.9.